The zero-order valence-electron chi connectivity index (χ0n) is 14.8. The Bertz CT molecular complexity index is 1000. The highest BCUT2D eigenvalue weighted by Gasteiger charge is 2.25. The molecule has 138 valence electrons. The number of benzene rings is 2. The Balaban J connectivity index is 1.96. The Morgan fingerprint density at radius 2 is 1.81 bits per heavy atom. The summed E-state index contributed by atoms with van der Waals surface area (Å²) in [4.78, 5) is 27.6. The van der Waals surface area contributed by atoms with Gasteiger partial charge in [-0.2, -0.15) is 0 Å². The van der Waals surface area contributed by atoms with Gasteiger partial charge in [0.2, 0.25) is 5.90 Å². The van der Waals surface area contributed by atoms with E-state index >= 15 is 0 Å². The van der Waals surface area contributed by atoms with Crippen LogP contribution in [0, 0.1) is 13.8 Å². The summed E-state index contributed by atoms with van der Waals surface area (Å²) in [5.74, 6) is -0.329. The van der Waals surface area contributed by atoms with Gasteiger partial charge in [0.1, 0.15) is 5.75 Å². The van der Waals surface area contributed by atoms with E-state index in [1.807, 2.05) is 13.8 Å². The summed E-state index contributed by atoms with van der Waals surface area (Å²) in [6.45, 7) is 4.99. The molecule has 1 aliphatic heterocycles. The van der Waals surface area contributed by atoms with Crippen LogP contribution in [0.15, 0.2) is 41.0 Å². The Labute approximate surface area is 166 Å². The van der Waals surface area contributed by atoms with Crippen LogP contribution in [0.2, 0.25) is 10.0 Å². The molecule has 1 aliphatic rings. The summed E-state index contributed by atoms with van der Waals surface area (Å²) in [5, 5.41) is 0.816. The third-order valence-electron chi connectivity index (χ3n) is 3.81. The van der Waals surface area contributed by atoms with Gasteiger partial charge in [0.15, 0.2) is 5.70 Å². The summed E-state index contributed by atoms with van der Waals surface area (Å²) in [6, 6.07) is 8.43. The second-order valence-corrected chi connectivity index (χ2v) is 6.88. The van der Waals surface area contributed by atoms with E-state index in [0.29, 0.717) is 21.4 Å². The number of hydrogen-bond donors (Lipinski definition) is 0. The number of halogens is 2. The summed E-state index contributed by atoms with van der Waals surface area (Å²) >= 11 is 12.0. The normalized spacial score (nSPS) is 14.9. The molecule has 0 N–H and O–H groups in total. The predicted molar refractivity (Wildman–Crippen MR) is 104 cm³/mol. The quantitative estimate of drug-likeness (QED) is 0.416. The van der Waals surface area contributed by atoms with E-state index in [9.17, 15) is 9.59 Å². The van der Waals surface area contributed by atoms with E-state index in [4.69, 9.17) is 32.7 Å². The molecule has 2 aromatic rings. The van der Waals surface area contributed by atoms with Crippen molar-refractivity contribution >= 4 is 47.1 Å². The van der Waals surface area contributed by atoms with E-state index in [0.717, 1.165) is 16.7 Å². The first-order chi connectivity index (χ1) is 12.7. The molecular weight excluding hydrogens is 389 g/mol. The number of rotatable bonds is 3. The van der Waals surface area contributed by atoms with Gasteiger partial charge in [0.25, 0.3) is 0 Å². The average molecular weight is 404 g/mol. The number of hydrogen-bond acceptors (Lipinski definition) is 5. The number of carbonyl (C=O) groups excluding carboxylic acids is 2. The Hall–Kier alpha value is -2.63. The number of aryl methyl sites for hydroxylation is 2. The lowest BCUT2D eigenvalue weighted by molar-refractivity contribution is -0.132. The first-order valence-electron chi connectivity index (χ1n) is 8.02. The zero-order valence-corrected chi connectivity index (χ0v) is 16.3. The molecule has 2 aromatic carbocycles. The van der Waals surface area contributed by atoms with Crippen molar-refractivity contribution in [2.75, 3.05) is 0 Å². The third kappa shape index (κ3) is 4.21. The van der Waals surface area contributed by atoms with Crippen LogP contribution < -0.4 is 4.74 Å². The van der Waals surface area contributed by atoms with Crippen LogP contribution in [-0.2, 0) is 14.3 Å². The highest BCUT2D eigenvalue weighted by molar-refractivity contribution is 6.37. The summed E-state index contributed by atoms with van der Waals surface area (Å²) in [5.41, 5.74) is 2.91. The zero-order chi connectivity index (χ0) is 19.7. The van der Waals surface area contributed by atoms with Gasteiger partial charge in [-0.25, -0.2) is 9.79 Å². The van der Waals surface area contributed by atoms with Crippen LogP contribution in [0.25, 0.3) is 6.08 Å². The number of aliphatic imine (C=N–C) groups is 1. The van der Waals surface area contributed by atoms with Gasteiger partial charge in [-0.3, -0.25) is 4.79 Å². The van der Waals surface area contributed by atoms with Crippen LogP contribution >= 0.6 is 23.2 Å². The first-order valence-corrected chi connectivity index (χ1v) is 8.78. The fraction of sp³-hybridized carbons (Fsp3) is 0.150. The molecule has 0 aliphatic carbocycles. The summed E-state index contributed by atoms with van der Waals surface area (Å²) in [6.07, 6.45) is 1.61. The van der Waals surface area contributed by atoms with Crippen molar-refractivity contribution in [2.24, 2.45) is 4.99 Å². The standard InChI is InChI=1S/C20H15Cl2NO4/c1-10-6-13(7-11(2)18(10)26-12(3)24)8-17-20(25)27-19(23-17)15-5-4-14(21)9-16(15)22/h4-9H,1-3H3/b17-8-. The molecule has 5 nitrogen and oxygen atoms in total. The van der Waals surface area contributed by atoms with Crippen LogP contribution in [0.5, 0.6) is 5.75 Å². The molecule has 0 unspecified atom stereocenters. The Morgan fingerprint density at radius 3 is 2.41 bits per heavy atom. The smallest absolute Gasteiger partial charge is 0.363 e. The van der Waals surface area contributed by atoms with Crippen LogP contribution in [0.1, 0.15) is 29.2 Å². The van der Waals surface area contributed by atoms with E-state index in [1.165, 1.54) is 6.92 Å². The van der Waals surface area contributed by atoms with Gasteiger partial charge in [0, 0.05) is 11.9 Å². The van der Waals surface area contributed by atoms with Gasteiger partial charge in [-0.05, 0) is 66.9 Å². The minimum absolute atomic E-state index is 0.123. The lowest BCUT2D eigenvalue weighted by Crippen LogP contribution is -2.06. The van der Waals surface area contributed by atoms with Crippen molar-refractivity contribution in [3.63, 3.8) is 0 Å². The fourth-order valence-electron chi connectivity index (χ4n) is 2.72. The van der Waals surface area contributed by atoms with Crippen molar-refractivity contribution in [3.05, 3.63) is 68.3 Å². The van der Waals surface area contributed by atoms with Gasteiger partial charge >= 0.3 is 11.9 Å². The van der Waals surface area contributed by atoms with Crippen molar-refractivity contribution in [3.8, 4) is 5.75 Å². The number of ether oxygens (including phenoxy) is 2. The fourth-order valence-corrected chi connectivity index (χ4v) is 3.21. The molecule has 0 saturated heterocycles. The number of carbonyl (C=O) groups is 2. The maximum Gasteiger partial charge on any atom is 0.363 e. The number of nitrogens with zero attached hydrogens (tertiary/aromatic N) is 1. The number of cyclic esters (lactones) is 1. The summed E-state index contributed by atoms with van der Waals surface area (Å²) in [7, 11) is 0. The molecule has 0 radical (unpaired) electrons. The highest BCUT2D eigenvalue weighted by atomic mass is 35.5. The molecule has 0 fully saturated rings. The lowest BCUT2D eigenvalue weighted by atomic mass is 10.0. The van der Waals surface area contributed by atoms with Gasteiger partial charge in [-0.15, -0.1) is 0 Å². The molecule has 0 aromatic heterocycles. The second kappa shape index (κ2) is 7.55. The average Bonchev–Trinajstić information content (AvgIpc) is 2.91. The van der Waals surface area contributed by atoms with Crippen molar-refractivity contribution in [1.82, 2.24) is 0 Å². The van der Waals surface area contributed by atoms with Crippen molar-refractivity contribution in [2.45, 2.75) is 20.8 Å². The minimum atomic E-state index is -0.574. The molecule has 3 rings (SSSR count). The topological polar surface area (TPSA) is 65.0 Å². The second-order valence-electron chi connectivity index (χ2n) is 6.04. The molecule has 0 saturated carbocycles. The minimum Gasteiger partial charge on any atom is -0.426 e. The van der Waals surface area contributed by atoms with E-state index in [1.54, 1.807) is 36.4 Å². The largest absolute Gasteiger partial charge is 0.426 e. The maximum atomic E-state index is 12.2. The Kier molecular flexibility index (Phi) is 5.35. The number of esters is 2. The molecular formula is C20H15Cl2NO4. The molecule has 0 spiro atoms. The summed E-state index contributed by atoms with van der Waals surface area (Å²) < 4.78 is 10.5. The monoisotopic (exact) mass is 403 g/mol. The lowest BCUT2D eigenvalue weighted by Gasteiger charge is -2.10. The SMILES string of the molecule is CC(=O)Oc1c(C)cc(/C=C2\N=C(c3ccc(Cl)cc3Cl)OC2=O)cc1C. The van der Waals surface area contributed by atoms with E-state index < -0.39 is 5.97 Å². The molecule has 1 heterocycles. The third-order valence-corrected chi connectivity index (χ3v) is 4.36. The maximum absolute atomic E-state index is 12.2. The Morgan fingerprint density at radius 1 is 1.15 bits per heavy atom. The van der Waals surface area contributed by atoms with E-state index in [2.05, 4.69) is 4.99 Å². The molecule has 0 amide bonds. The van der Waals surface area contributed by atoms with Gasteiger partial charge in [-0.1, -0.05) is 23.2 Å². The van der Waals surface area contributed by atoms with Crippen molar-refractivity contribution in [1.29, 1.82) is 0 Å². The first kappa shape index (κ1) is 19.1. The predicted octanol–water partition coefficient (Wildman–Crippen LogP) is 4.88. The molecule has 0 atom stereocenters. The molecule has 0 bridgehead atoms. The van der Waals surface area contributed by atoms with Gasteiger partial charge < -0.3 is 9.47 Å². The van der Waals surface area contributed by atoms with Crippen molar-refractivity contribution < 1.29 is 19.1 Å². The molecule has 27 heavy (non-hydrogen) atoms. The van der Waals surface area contributed by atoms with Gasteiger partial charge in [0.05, 0.1) is 10.6 Å². The van der Waals surface area contributed by atoms with Crippen LogP contribution in [0.3, 0.4) is 0 Å². The van der Waals surface area contributed by atoms with Crippen LogP contribution in [0.4, 0.5) is 0 Å². The van der Waals surface area contributed by atoms with Crippen LogP contribution in [-0.4, -0.2) is 17.8 Å². The van der Waals surface area contributed by atoms with E-state index in [-0.39, 0.29) is 17.6 Å². The highest BCUT2D eigenvalue weighted by Crippen LogP contribution is 2.29. The molecule has 7 heteroatoms.